The molecule has 0 spiro atoms. The Morgan fingerprint density at radius 3 is 2.68 bits per heavy atom. The third-order valence-electron chi connectivity index (χ3n) is 4.51. The summed E-state index contributed by atoms with van der Waals surface area (Å²) in [6, 6.07) is 2.13. The highest BCUT2D eigenvalue weighted by molar-refractivity contribution is 7.07. The monoisotopic (exact) mass is 322 g/mol. The fraction of sp³-hybridized carbons (Fsp3) is 0.722. The van der Waals surface area contributed by atoms with E-state index in [2.05, 4.69) is 47.4 Å². The standard InChI is InChI=1S/C18H30N2OS/c1-4-19-8-5-16(6-9-19)11-18(21)20(12-15(2)3)13-17-7-10-22-14-17/h7,10,14-16H,4-6,8-9,11-13H2,1-3H3. The van der Waals surface area contributed by atoms with Crippen molar-refractivity contribution in [3.8, 4) is 0 Å². The van der Waals surface area contributed by atoms with E-state index >= 15 is 0 Å². The molecule has 1 aliphatic rings. The normalized spacial score (nSPS) is 17.1. The van der Waals surface area contributed by atoms with Gasteiger partial charge in [0, 0.05) is 19.5 Å². The van der Waals surface area contributed by atoms with Crippen LogP contribution in [0.25, 0.3) is 0 Å². The maximum absolute atomic E-state index is 12.7. The first-order chi connectivity index (χ1) is 10.6. The molecule has 2 heterocycles. The van der Waals surface area contributed by atoms with Crippen molar-refractivity contribution in [1.82, 2.24) is 9.80 Å². The van der Waals surface area contributed by atoms with Crippen molar-refractivity contribution in [3.05, 3.63) is 22.4 Å². The first-order valence-electron chi connectivity index (χ1n) is 8.59. The molecule has 1 amide bonds. The Balaban J connectivity index is 1.88. The van der Waals surface area contributed by atoms with Crippen molar-refractivity contribution in [2.24, 2.45) is 11.8 Å². The van der Waals surface area contributed by atoms with E-state index in [1.165, 1.54) is 18.4 Å². The smallest absolute Gasteiger partial charge is 0.223 e. The summed E-state index contributed by atoms with van der Waals surface area (Å²) in [5.41, 5.74) is 1.26. The molecule has 124 valence electrons. The van der Waals surface area contributed by atoms with Crippen LogP contribution in [-0.2, 0) is 11.3 Å². The van der Waals surface area contributed by atoms with Gasteiger partial charge in [0.05, 0.1) is 0 Å². The molecule has 0 N–H and O–H groups in total. The third-order valence-corrected chi connectivity index (χ3v) is 5.24. The Hall–Kier alpha value is -0.870. The lowest BCUT2D eigenvalue weighted by Gasteiger charge is -2.32. The van der Waals surface area contributed by atoms with E-state index in [4.69, 9.17) is 0 Å². The minimum absolute atomic E-state index is 0.342. The molecule has 0 aliphatic carbocycles. The number of carbonyl (C=O) groups is 1. The van der Waals surface area contributed by atoms with Crippen molar-refractivity contribution in [1.29, 1.82) is 0 Å². The van der Waals surface area contributed by atoms with Crippen LogP contribution in [0.2, 0.25) is 0 Å². The van der Waals surface area contributed by atoms with Crippen molar-refractivity contribution >= 4 is 17.2 Å². The van der Waals surface area contributed by atoms with Crippen molar-refractivity contribution < 1.29 is 4.79 Å². The first-order valence-corrected chi connectivity index (χ1v) is 9.54. The van der Waals surface area contributed by atoms with Gasteiger partial charge < -0.3 is 9.80 Å². The van der Waals surface area contributed by atoms with Crippen LogP contribution in [0.5, 0.6) is 0 Å². The minimum atomic E-state index is 0.342. The molecule has 1 aromatic heterocycles. The van der Waals surface area contributed by atoms with Crippen LogP contribution in [-0.4, -0.2) is 41.9 Å². The second-order valence-corrected chi connectivity index (χ2v) is 7.66. The van der Waals surface area contributed by atoms with Gasteiger partial charge in [-0.2, -0.15) is 11.3 Å². The zero-order valence-corrected chi connectivity index (χ0v) is 15.1. The zero-order valence-electron chi connectivity index (χ0n) is 14.3. The molecule has 0 atom stereocenters. The molecule has 4 heteroatoms. The van der Waals surface area contributed by atoms with E-state index in [0.29, 0.717) is 17.7 Å². The molecule has 0 bridgehead atoms. The number of thiophene rings is 1. The van der Waals surface area contributed by atoms with Crippen LogP contribution in [0, 0.1) is 11.8 Å². The number of rotatable bonds is 7. The average molecular weight is 323 g/mol. The molecule has 0 unspecified atom stereocenters. The van der Waals surface area contributed by atoms with Gasteiger partial charge in [-0.05, 0) is 66.7 Å². The second kappa shape index (κ2) is 8.68. The van der Waals surface area contributed by atoms with Gasteiger partial charge in [-0.15, -0.1) is 0 Å². The fourth-order valence-electron chi connectivity index (χ4n) is 3.18. The fourth-order valence-corrected chi connectivity index (χ4v) is 3.84. The highest BCUT2D eigenvalue weighted by atomic mass is 32.1. The lowest BCUT2D eigenvalue weighted by molar-refractivity contribution is -0.133. The predicted molar refractivity (Wildman–Crippen MR) is 94.0 cm³/mol. The largest absolute Gasteiger partial charge is 0.338 e. The summed E-state index contributed by atoms with van der Waals surface area (Å²) in [6.07, 6.45) is 3.08. The highest BCUT2D eigenvalue weighted by Gasteiger charge is 2.23. The number of nitrogens with zero attached hydrogens (tertiary/aromatic N) is 2. The zero-order chi connectivity index (χ0) is 15.9. The van der Waals surface area contributed by atoms with Gasteiger partial charge in [0.1, 0.15) is 0 Å². The molecule has 0 aromatic carbocycles. The maximum atomic E-state index is 12.7. The van der Waals surface area contributed by atoms with E-state index in [-0.39, 0.29) is 0 Å². The van der Waals surface area contributed by atoms with Gasteiger partial charge in [0.25, 0.3) is 0 Å². The minimum Gasteiger partial charge on any atom is -0.338 e. The van der Waals surface area contributed by atoms with E-state index < -0.39 is 0 Å². The Bertz CT molecular complexity index is 436. The van der Waals surface area contributed by atoms with Crippen LogP contribution < -0.4 is 0 Å². The number of piperidine rings is 1. The van der Waals surface area contributed by atoms with E-state index in [1.807, 2.05) is 0 Å². The molecule has 1 fully saturated rings. The van der Waals surface area contributed by atoms with Crippen LogP contribution in [0.4, 0.5) is 0 Å². The topological polar surface area (TPSA) is 23.6 Å². The molecule has 22 heavy (non-hydrogen) atoms. The summed E-state index contributed by atoms with van der Waals surface area (Å²) >= 11 is 1.71. The van der Waals surface area contributed by atoms with Gasteiger partial charge >= 0.3 is 0 Å². The van der Waals surface area contributed by atoms with Gasteiger partial charge in [-0.1, -0.05) is 20.8 Å². The summed E-state index contributed by atoms with van der Waals surface area (Å²) in [5, 5.41) is 4.24. The van der Waals surface area contributed by atoms with Crippen LogP contribution in [0.3, 0.4) is 0 Å². The van der Waals surface area contributed by atoms with Gasteiger partial charge in [0.2, 0.25) is 5.91 Å². The van der Waals surface area contributed by atoms with Crippen LogP contribution in [0.15, 0.2) is 16.8 Å². The molecule has 1 aliphatic heterocycles. The lowest BCUT2D eigenvalue weighted by Crippen LogP contribution is -2.38. The van der Waals surface area contributed by atoms with E-state index in [9.17, 15) is 4.79 Å². The second-order valence-electron chi connectivity index (χ2n) is 6.88. The Morgan fingerprint density at radius 1 is 1.41 bits per heavy atom. The summed E-state index contributed by atoms with van der Waals surface area (Å²) in [6.45, 7) is 11.7. The van der Waals surface area contributed by atoms with Gasteiger partial charge in [-0.3, -0.25) is 4.79 Å². The highest BCUT2D eigenvalue weighted by Crippen LogP contribution is 2.22. The molecular formula is C18H30N2OS. The number of likely N-dealkylation sites (tertiary alicyclic amines) is 1. The van der Waals surface area contributed by atoms with Crippen molar-refractivity contribution in [2.45, 2.75) is 46.6 Å². The Morgan fingerprint density at radius 2 is 2.14 bits per heavy atom. The van der Waals surface area contributed by atoms with Crippen LogP contribution >= 0.6 is 11.3 Å². The van der Waals surface area contributed by atoms with E-state index in [0.717, 1.165) is 39.1 Å². The summed E-state index contributed by atoms with van der Waals surface area (Å²) in [5.74, 6) is 1.44. The molecule has 1 aromatic rings. The number of amides is 1. The SMILES string of the molecule is CCN1CCC(CC(=O)N(Cc2ccsc2)CC(C)C)CC1. The molecule has 0 saturated carbocycles. The quantitative estimate of drug-likeness (QED) is 0.761. The predicted octanol–water partition coefficient (Wildman–Crippen LogP) is 3.85. The molecule has 2 rings (SSSR count). The molecule has 1 saturated heterocycles. The summed E-state index contributed by atoms with van der Waals surface area (Å²) < 4.78 is 0. The first kappa shape index (κ1) is 17.5. The lowest BCUT2D eigenvalue weighted by atomic mass is 9.93. The number of hydrogen-bond donors (Lipinski definition) is 0. The number of carbonyl (C=O) groups excluding carboxylic acids is 1. The van der Waals surface area contributed by atoms with Gasteiger partial charge in [-0.25, -0.2) is 0 Å². The summed E-state index contributed by atoms with van der Waals surface area (Å²) in [4.78, 5) is 17.3. The molecule has 3 nitrogen and oxygen atoms in total. The molecule has 0 radical (unpaired) electrons. The average Bonchev–Trinajstić information content (AvgIpc) is 3.00. The van der Waals surface area contributed by atoms with Crippen LogP contribution in [0.1, 0.15) is 45.6 Å². The molecular weight excluding hydrogens is 292 g/mol. The van der Waals surface area contributed by atoms with Crippen molar-refractivity contribution in [2.75, 3.05) is 26.2 Å². The van der Waals surface area contributed by atoms with Crippen molar-refractivity contribution in [3.63, 3.8) is 0 Å². The number of hydrogen-bond acceptors (Lipinski definition) is 3. The van der Waals surface area contributed by atoms with Gasteiger partial charge in [0.15, 0.2) is 0 Å². The summed E-state index contributed by atoms with van der Waals surface area (Å²) in [7, 11) is 0. The van der Waals surface area contributed by atoms with E-state index in [1.54, 1.807) is 11.3 Å². The maximum Gasteiger partial charge on any atom is 0.223 e. The Labute approximate surface area is 139 Å². The Kier molecular flexibility index (Phi) is 6.90. The third kappa shape index (κ3) is 5.40.